The molecule has 0 aliphatic carbocycles. The summed E-state index contributed by atoms with van der Waals surface area (Å²) in [5, 5.41) is 14.4. The molecule has 1 fully saturated rings. The van der Waals surface area contributed by atoms with E-state index in [0.29, 0.717) is 13.0 Å². The van der Waals surface area contributed by atoms with Gasteiger partial charge in [0.2, 0.25) is 0 Å². The van der Waals surface area contributed by atoms with Crippen molar-refractivity contribution in [2.45, 2.75) is 18.1 Å². The van der Waals surface area contributed by atoms with E-state index in [4.69, 9.17) is 9.47 Å². The summed E-state index contributed by atoms with van der Waals surface area (Å²) >= 11 is 0. The monoisotopic (exact) mass is 327 g/mol. The molecule has 2 N–H and O–H groups in total. The Hall–Kier alpha value is -2.37. The standard InChI is InChI=1S/C19H21NO4/c1-4-12-7-14-8-15(6-5-13(14)9-17(12)23-2)19(24-3)10-16(18(21)22)20-11-19/h4-9,16,20H,1,10-11H2,2-3H3,(H,21,22). The zero-order valence-electron chi connectivity index (χ0n) is 13.8. The highest BCUT2D eigenvalue weighted by atomic mass is 16.5. The number of ether oxygens (including phenoxy) is 2. The minimum atomic E-state index is -0.853. The van der Waals surface area contributed by atoms with E-state index < -0.39 is 17.6 Å². The van der Waals surface area contributed by atoms with Gasteiger partial charge >= 0.3 is 5.97 Å². The van der Waals surface area contributed by atoms with Crippen molar-refractivity contribution in [2.75, 3.05) is 20.8 Å². The Balaban J connectivity index is 2.06. The van der Waals surface area contributed by atoms with Gasteiger partial charge in [0.05, 0.1) is 7.11 Å². The van der Waals surface area contributed by atoms with Gasteiger partial charge in [-0.15, -0.1) is 0 Å². The van der Waals surface area contributed by atoms with Crippen LogP contribution < -0.4 is 10.1 Å². The Morgan fingerprint density at radius 1 is 1.33 bits per heavy atom. The van der Waals surface area contributed by atoms with E-state index in [9.17, 15) is 9.90 Å². The highest BCUT2D eigenvalue weighted by Crippen LogP contribution is 2.37. The molecule has 0 spiro atoms. The number of benzene rings is 2. The van der Waals surface area contributed by atoms with Crippen LogP contribution in [0.4, 0.5) is 0 Å². The van der Waals surface area contributed by atoms with E-state index in [0.717, 1.165) is 27.6 Å². The van der Waals surface area contributed by atoms with Crippen molar-refractivity contribution in [3.05, 3.63) is 48.0 Å². The van der Waals surface area contributed by atoms with Crippen molar-refractivity contribution in [3.8, 4) is 5.75 Å². The molecular formula is C19H21NO4. The lowest BCUT2D eigenvalue weighted by Crippen LogP contribution is -2.31. The summed E-state index contributed by atoms with van der Waals surface area (Å²) in [6, 6.07) is 9.45. The fraction of sp³-hybridized carbons (Fsp3) is 0.316. The lowest BCUT2D eigenvalue weighted by atomic mass is 9.89. The molecule has 0 aromatic heterocycles. The van der Waals surface area contributed by atoms with Gasteiger partial charge in [-0.05, 0) is 34.5 Å². The van der Waals surface area contributed by atoms with Gasteiger partial charge in [0.1, 0.15) is 17.4 Å². The van der Waals surface area contributed by atoms with Crippen molar-refractivity contribution in [3.63, 3.8) is 0 Å². The summed E-state index contributed by atoms with van der Waals surface area (Å²) in [4.78, 5) is 11.3. The summed E-state index contributed by atoms with van der Waals surface area (Å²) in [5.74, 6) is -0.0754. The van der Waals surface area contributed by atoms with Crippen LogP contribution in [0.3, 0.4) is 0 Å². The topological polar surface area (TPSA) is 67.8 Å². The maximum Gasteiger partial charge on any atom is 0.320 e. The molecule has 2 aromatic carbocycles. The molecule has 2 atom stereocenters. The van der Waals surface area contributed by atoms with Gasteiger partial charge < -0.3 is 19.9 Å². The van der Waals surface area contributed by atoms with Crippen molar-refractivity contribution in [1.82, 2.24) is 5.32 Å². The van der Waals surface area contributed by atoms with E-state index >= 15 is 0 Å². The van der Waals surface area contributed by atoms with Crippen LogP contribution in [0.5, 0.6) is 5.75 Å². The van der Waals surface area contributed by atoms with Crippen LogP contribution in [0.2, 0.25) is 0 Å². The molecular weight excluding hydrogens is 306 g/mol. The Labute approximate surface area is 140 Å². The van der Waals surface area contributed by atoms with Crippen LogP contribution >= 0.6 is 0 Å². The Morgan fingerprint density at radius 3 is 2.71 bits per heavy atom. The maximum absolute atomic E-state index is 11.3. The minimum absolute atomic E-state index is 0.398. The first-order chi connectivity index (χ1) is 11.5. The summed E-state index contributed by atoms with van der Waals surface area (Å²) in [7, 11) is 3.26. The Kier molecular flexibility index (Phi) is 4.30. The first kappa shape index (κ1) is 16.5. The number of rotatable bonds is 5. The third-order valence-corrected chi connectivity index (χ3v) is 4.79. The number of nitrogens with one attached hydrogen (secondary N) is 1. The van der Waals surface area contributed by atoms with E-state index in [-0.39, 0.29) is 0 Å². The SMILES string of the molecule is C=Cc1cc2cc(C3(OC)CNC(C(=O)O)C3)ccc2cc1OC. The quantitative estimate of drug-likeness (QED) is 0.884. The maximum atomic E-state index is 11.3. The fourth-order valence-electron chi connectivity index (χ4n) is 3.34. The minimum Gasteiger partial charge on any atom is -0.496 e. The normalized spacial score (nSPS) is 23.3. The van der Waals surface area contributed by atoms with Crippen LogP contribution in [-0.4, -0.2) is 37.9 Å². The number of aliphatic carboxylic acids is 1. The van der Waals surface area contributed by atoms with Gasteiger partial charge in [0.25, 0.3) is 0 Å². The lowest BCUT2D eigenvalue weighted by molar-refractivity contribution is -0.139. The van der Waals surface area contributed by atoms with Gasteiger partial charge in [0, 0.05) is 25.6 Å². The molecule has 0 saturated carbocycles. The van der Waals surface area contributed by atoms with E-state index in [1.165, 1.54) is 0 Å². The summed E-state index contributed by atoms with van der Waals surface area (Å²) in [6.07, 6.45) is 2.16. The highest BCUT2D eigenvalue weighted by molar-refractivity contribution is 5.88. The van der Waals surface area contributed by atoms with E-state index in [1.54, 1.807) is 20.3 Å². The Bertz CT molecular complexity index is 801. The van der Waals surface area contributed by atoms with Crippen LogP contribution in [0, 0.1) is 0 Å². The summed E-state index contributed by atoms with van der Waals surface area (Å²) in [5.41, 5.74) is 1.25. The smallest absolute Gasteiger partial charge is 0.320 e. The second-order valence-corrected chi connectivity index (χ2v) is 6.03. The number of methoxy groups -OCH3 is 2. The number of carboxylic acids is 1. The third kappa shape index (κ3) is 2.66. The molecule has 5 heteroatoms. The molecule has 2 unspecified atom stereocenters. The number of hydrogen-bond acceptors (Lipinski definition) is 4. The van der Waals surface area contributed by atoms with Crippen LogP contribution in [-0.2, 0) is 15.1 Å². The molecule has 0 amide bonds. The van der Waals surface area contributed by atoms with Gasteiger partial charge in [0.15, 0.2) is 0 Å². The molecule has 24 heavy (non-hydrogen) atoms. The van der Waals surface area contributed by atoms with Gasteiger partial charge in [-0.1, -0.05) is 24.8 Å². The first-order valence-corrected chi connectivity index (χ1v) is 7.79. The number of fused-ring (bicyclic) bond motifs is 1. The molecule has 2 aromatic rings. The van der Waals surface area contributed by atoms with Crippen LogP contribution in [0.25, 0.3) is 16.8 Å². The van der Waals surface area contributed by atoms with E-state index in [2.05, 4.69) is 18.0 Å². The van der Waals surface area contributed by atoms with Crippen molar-refractivity contribution < 1.29 is 19.4 Å². The van der Waals surface area contributed by atoms with Crippen LogP contribution in [0.1, 0.15) is 17.5 Å². The number of carboxylic acid groups (broad SMARTS) is 1. The van der Waals surface area contributed by atoms with E-state index in [1.807, 2.05) is 24.3 Å². The fourth-order valence-corrected chi connectivity index (χ4v) is 3.34. The van der Waals surface area contributed by atoms with Crippen LogP contribution in [0.15, 0.2) is 36.9 Å². The average Bonchev–Trinajstić information content (AvgIpc) is 3.06. The van der Waals surface area contributed by atoms with Crippen molar-refractivity contribution >= 4 is 22.8 Å². The molecule has 1 aliphatic rings. The Morgan fingerprint density at radius 2 is 2.12 bits per heavy atom. The second-order valence-electron chi connectivity index (χ2n) is 6.03. The van der Waals surface area contributed by atoms with Gasteiger partial charge in [-0.3, -0.25) is 4.79 Å². The zero-order valence-corrected chi connectivity index (χ0v) is 13.8. The molecule has 0 bridgehead atoms. The first-order valence-electron chi connectivity index (χ1n) is 7.79. The molecule has 5 nitrogen and oxygen atoms in total. The summed E-state index contributed by atoms with van der Waals surface area (Å²) < 4.78 is 11.1. The van der Waals surface area contributed by atoms with Crippen molar-refractivity contribution in [2.24, 2.45) is 0 Å². The second kappa shape index (κ2) is 6.26. The molecule has 126 valence electrons. The zero-order chi connectivity index (χ0) is 17.3. The largest absolute Gasteiger partial charge is 0.496 e. The predicted octanol–water partition coefficient (Wildman–Crippen LogP) is 2.78. The van der Waals surface area contributed by atoms with Gasteiger partial charge in [-0.25, -0.2) is 0 Å². The van der Waals surface area contributed by atoms with Gasteiger partial charge in [-0.2, -0.15) is 0 Å². The molecule has 1 saturated heterocycles. The predicted molar refractivity (Wildman–Crippen MR) is 93.3 cm³/mol. The average molecular weight is 327 g/mol. The summed E-state index contributed by atoms with van der Waals surface area (Å²) in [6.45, 7) is 4.29. The lowest BCUT2D eigenvalue weighted by Gasteiger charge is -2.27. The molecule has 0 radical (unpaired) electrons. The molecule has 3 rings (SSSR count). The molecule has 1 heterocycles. The van der Waals surface area contributed by atoms with Crippen molar-refractivity contribution in [1.29, 1.82) is 0 Å². The highest BCUT2D eigenvalue weighted by Gasteiger charge is 2.43. The number of carbonyl (C=O) groups is 1. The third-order valence-electron chi connectivity index (χ3n) is 4.79. The molecule has 1 aliphatic heterocycles. The number of hydrogen-bond donors (Lipinski definition) is 2.